The molecule has 0 aliphatic rings. The summed E-state index contributed by atoms with van der Waals surface area (Å²) < 4.78 is 0. The molecule has 5 N–H and O–H groups in total. The summed E-state index contributed by atoms with van der Waals surface area (Å²) in [5.74, 6) is -2.27. The highest BCUT2D eigenvalue weighted by Gasteiger charge is 2.23. The lowest BCUT2D eigenvalue weighted by Gasteiger charge is -2.20. The molecule has 0 radical (unpaired) electrons. The van der Waals surface area contributed by atoms with Gasteiger partial charge >= 0.3 is 5.97 Å². The Morgan fingerprint density at radius 3 is 2.25 bits per heavy atom. The van der Waals surface area contributed by atoms with Crippen LogP contribution in [0.5, 0.6) is 0 Å². The van der Waals surface area contributed by atoms with E-state index < -0.39 is 30.4 Å². The Morgan fingerprint density at radius 2 is 1.88 bits per heavy atom. The predicted molar refractivity (Wildman–Crippen MR) is 56.5 cm³/mol. The maximum atomic E-state index is 11.5. The first-order valence-corrected chi connectivity index (χ1v) is 4.87. The zero-order valence-corrected chi connectivity index (χ0v) is 9.32. The van der Waals surface area contributed by atoms with Gasteiger partial charge in [-0.25, -0.2) is 0 Å². The zero-order valence-electron chi connectivity index (χ0n) is 9.32. The predicted octanol–water partition coefficient (Wildman–Crippen LogP) is -1.71. The second kappa shape index (κ2) is 6.78. The lowest BCUT2D eigenvalue weighted by molar-refractivity contribution is -0.138. The second-order valence-electron chi connectivity index (χ2n) is 3.60. The summed E-state index contributed by atoms with van der Waals surface area (Å²) in [6, 6.07) is -0.768. The van der Waals surface area contributed by atoms with Crippen LogP contribution in [0.2, 0.25) is 0 Å². The Bertz CT molecular complexity index is 278. The lowest BCUT2D eigenvalue weighted by atomic mass is 10.0. The molecule has 0 heterocycles. The number of carbonyl (C=O) groups excluding carboxylic acids is 2. The SMILES string of the molecule is CC(C)[C@@H](NC(=O)CN)C(=O)NCC(=O)O. The molecule has 0 aromatic heterocycles. The van der Waals surface area contributed by atoms with Crippen molar-refractivity contribution in [2.45, 2.75) is 19.9 Å². The first-order chi connectivity index (χ1) is 7.38. The first-order valence-electron chi connectivity index (χ1n) is 4.87. The molecule has 7 nitrogen and oxygen atoms in total. The van der Waals surface area contributed by atoms with Gasteiger partial charge in [-0.2, -0.15) is 0 Å². The third kappa shape index (κ3) is 5.30. The van der Waals surface area contributed by atoms with Crippen LogP contribution < -0.4 is 16.4 Å². The molecule has 0 spiro atoms. The molecule has 0 aromatic carbocycles. The van der Waals surface area contributed by atoms with Crippen molar-refractivity contribution in [1.82, 2.24) is 10.6 Å². The molecule has 16 heavy (non-hydrogen) atoms. The van der Waals surface area contributed by atoms with Gasteiger partial charge in [-0.05, 0) is 5.92 Å². The largest absolute Gasteiger partial charge is 0.480 e. The average Bonchev–Trinajstić information content (AvgIpc) is 2.21. The number of carboxylic acid groups (broad SMARTS) is 1. The van der Waals surface area contributed by atoms with Crippen LogP contribution >= 0.6 is 0 Å². The molecule has 0 saturated heterocycles. The minimum Gasteiger partial charge on any atom is -0.480 e. The minimum atomic E-state index is -1.14. The van der Waals surface area contributed by atoms with Crippen LogP contribution in [0, 0.1) is 5.92 Å². The van der Waals surface area contributed by atoms with Crippen molar-refractivity contribution in [1.29, 1.82) is 0 Å². The Morgan fingerprint density at radius 1 is 1.31 bits per heavy atom. The van der Waals surface area contributed by atoms with E-state index in [0.29, 0.717) is 0 Å². The van der Waals surface area contributed by atoms with Gasteiger partial charge in [-0.1, -0.05) is 13.8 Å². The van der Waals surface area contributed by atoms with Gasteiger partial charge in [0.25, 0.3) is 0 Å². The van der Waals surface area contributed by atoms with E-state index in [1.54, 1.807) is 13.8 Å². The van der Waals surface area contributed by atoms with Gasteiger partial charge in [0.1, 0.15) is 12.6 Å². The number of hydrogen-bond acceptors (Lipinski definition) is 4. The molecule has 0 unspecified atom stereocenters. The van der Waals surface area contributed by atoms with Crippen molar-refractivity contribution in [3.05, 3.63) is 0 Å². The van der Waals surface area contributed by atoms with Crippen LogP contribution in [0.15, 0.2) is 0 Å². The monoisotopic (exact) mass is 231 g/mol. The highest BCUT2D eigenvalue weighted by molar-refractivity contribution is 5.90. The molecule has 92 valence electrons. The summed E-state index contributed by atoms with van der Waals surface area (Å²) in [6.45, 7) is 2.79. The van der Waals surface area contributed by atoms with Crippen molar-refractivity contribution in [2.75, 3.05) is 13.1 Å². The first kappa shape index (κ1) is 14.4. The number of nitrogens with one attached hydrogen (secondary N) is 2. The third-order valence-electron chi connectivity index (χ3n) is 1.86. The Hall–Kier alpha value is -1.63. The molecule has 1 atom stereocenters. The molecule has 0 bridgehead atoms. The highest BCUT2D eigenvalue weighted by Crippen LogP contribution is 2.01. The number of carboxylic acids is 1. The summed E-state index contributed by atoms with van der Waals surface area (Å²) >= 11 is 0. The van der Waals surface area contributed by atoms with Crippen molar-refractivity contribution in [3.63, 3.8) is 0 Å². The lowest BCUT2D eigenvalue weighted by Crippen LogP contribution is -2.51. The van der Waals surface area contributed by atoms with Crippen molar-refractivity contribution in [3.8, 4) is 0 Å². The maximum absolute atomic E-state index is 11.5. The van der Waals surface area contributed by atoms with Gasteiger partial charge in [0.2, 0.25) is 11.8 Å². The summed E-state index contributed by atoms with van der Waals surface area (Å²) in [7, 11) is 0. The third-order valence-corrected chi connectivity index (χ3v) is 1.86. The fraction of sp³-hybridized carbons (Fsp3) is 0.667. The Balaban J connectivity index is 4.35. The van der Waals surface area contributed by atoms with Gasteiger partial charge in [0.15, 0.2) is 0 Å². The van der Waals surface area contributed by atoms with E-state index in [4.69, 9.17) is 10.8 Å². The molecular formula is C9H17N3O4. The van der Waals surface area contributed by atoms with E-state index in [0.717, 1.165) is 0 Å². The number of amides is 2. The summed E-state index contributed by atoms with van der Waals surface area (Å²) in [6.07, 6.45) is 0. The molecule has 0 aromatic rings. The second-order valence-corrected chi connectivity index (χ2v) is 3.60. The molecule has 2 amide bonds. The number of rotatable bonds is 6. The van der Waals surface area contributed by atoms with E-state index in [9.17, 15) is 14.4 Å². The molecule has 0 aliphatic carbocycles. The van der Waals surface area contributed by atoms with Crippen LogP contribution in [0.3, 0.4) is 0 Å². The number of aliphatic carboxylic acids is 1. The topological polar surface area (TPSA) is 122 Å². The van der Waals surface area contributed by atoms with E-state index >= 15 is 0 Å². The molecule has 0 fully saturated rings. The number of carbonyl (C=O) groups is 3. The summed E-state index contributed by atoms with van der Waals surface area (Å²) in [5.41, 5.74) is 5.10. The van der Waals surface area contributed by atoms with Crippen LogP contribution in [0.25, 0.3) is 0 Å². The van der Waals surface area contributed by atoms with Crippen LogP contribution in [0.1, 0.15) is 13.8 Å². The number of hydrogen-bond donors (Lipinski definition) is 4. The van der Waals surface area contributed by atoms with Gasteiger partial charge in [0, 0.05) is 0 Å². The molecular weight excluding hydrogens is 214 g/mol. The molecule has 0 saturated carbocycles. The van der Waals surface area contributed by atoms with Gasteiger partial charge < -0.3 is 21.5 Å². The van der Waals surface area contributed by atoms with Crippen LogP contribution in [0.4, 0.5) is 0 Å². The van der Waals surface area contributed by atoms with E-state index in [1.165, 1.54) is 0 Å². The molecule has 0 rings (SSSR count). The fourth-order valence-corrected chi connectivity index (χ4v) is 1.04. The van der Waals surface area contributed by atoms with Crippen molar-refractivity contribution >= 4 is 17.8 Å². The summed E-state index contributed by atoms with van der Waals surface area (Å²) in [4.78, 5) is 32.8. The van der Waals surface area contributed by atoms with Gasteiger partial charge in [-0.15, -0.1) is 0 Å². The highest BCUT2D eigenvalue weighted by atomic mass is 16.4. The normalized spacial score (nSPS) is 12.0. The average molecular weight is 231 g/mol. The van der Waals surface area contributed by atoms with Crippen molar-refractivity contribution < 1.29 is 19.5 Å². The number of nitrogens with two attached hydrogens (primary N) is 1. The minimum absolute atomic E-state index is 0.149. The Kier molecular flexibility index (Phi) is 6.09. The summed E-state index contributed by atoms with van der Waals surface area (Å²) in [5, 5.41) is 13.0. The zero-order chi connectivity index (χ0) is 12.7. The van der Waals surface area contributed by atoms with Crippen molar-refractivity contribution in [2.24, 2.45) is 11.7 Å². The molecule has 0 aliphatic heterocycles. The molecule has 7 heteroatoms. The van der Waals surface area contributed by atoms with E-state index in [1.807, 2.05) is 0 Å². The van der Waals surface area contributed by atoms with E-state index in [-0.39, 0.29) is 12.5 Å². The van der Waals surface area contributed by atoms with Crippen LogP contribution in [-0.4, -0.2) is 42.0 Å². The van der Waals surface area contributed by atoms with Gasteiger partial charge in [0.05, 0.1) is 6.54 Å². The smallest absolute Gasteiger partial charge is 0.322 e. The van der Waals surface area contributed by atoms with Crippen LogP contribution in [-0.2, 0) is 14.4 Å². The van der Waals surface area contributed by atoms with E-state index in [2.05, 4.69) is 10.6 Å². The quantitative estimate of drug-likeness (QED) is 0.433. The Labute approximate surface area is 93.4 Å². The fourth-order valence-electron chi connectivity index (χ4n) is 1.04. The maximum Gasteiger partial charge on any atom is 0.322 e. The van der Waals surface area contributed by atoms with Gasteiger partial charge in [-0.3, -0.25) is 14.4 Å². The standard InChI is InChI=1S/C9H17N3O4/c1-5(2)8(12-6(13)3-10)9(16)11-4-7(14)15/h5,8H,3-4,10H2,1-2H3,(H,11,16)(H,12,13)(H,14,15)/t8-/m1/s1.